The van der Waals surface area contributed by atoms with Crippen molar-refractivity contribution in [2.24, 2.45) is 11.1 Å². The van der Waals surface area contributed by atoms with Gasteiger partial charge in [-0.05, 0) is 80.6 Å². The van der Waals surface area contributed by atoms with Crippen LogP contribution in [0.15, 0.2) is 42.6 Å². The number of carboxylic acid groups (broad SMARTS) is 1. The Kier molecular flexibility index (Phi) is 11.1. The van der Waals surface area contributed by atoms with Crippen LogP contribution in [0.5, 0.6) is 0 Å². The third kappa shape index (κ3) is 8.70. The molecule has 284 valence electrons. The fourth-order valence-corrected chi connectivity index (χ4v) is 5.65. The number of nitrogens with zero attached hydrogens (tertiary/aromatic N) is 3. The van der Waals surface area contributed by atoms with E-state index >= 15 is 0 Å². The molecule has 4 N–H and O–H groups in total. The smallest absolute Gasteiger partial charge is 0.416 e. The van der Waals surface area contributed by atoms with Crippen LogP contribution in [-0.2, 0) is 34.5 Å². The molecule has 18 heteroatoms. The second-order valence-corrected chi connectivity index (χ2v) is 13.2. The maximum absolute atomic E-state index is 14.0. The summed E-state index contributed by atoms with van der Waals surface area (Å²) in [5.41, 5.74) is -1.17. The van der Waals surface area contributed by atoms with Gasteiger partial charge in [0.25, 0.3) is 0 Å². The van der Waals surface area contributed by atoms with Crippen molar-refractivity contribution in [1.82, 2.24) is 9.97 Å². The first-order valence-electron chi connectivity index (χ1n) is 16.0. The van der Waals surface area contributed by atoms with Crippen LogP contribution < -0.4 is 16.0 Å². The molecule has 1 aliphatic heterocycles. The number of nitrogens with two attached hydrogens (primary N) is 1. The molecule has 9 nitrogen and oxygen atoms in total. The number of amides is 1. The van der Waals surface area contributed by atoms with E-state index in [1.807, 2.05) is 0 Å². The Hall–Kier alpha value is -4.61. The molecule has 0 saturated carbocycles. The van der Waals surface area contributed by atoms with Gasteiger partial charge in [0.2, 0.25) is 0 Å². The Bertz CT molecular complexity index is 1780. The highest BCUT2D eigenvalue weighted by atomic mass is 19.4. The number of ether oxygens (including phenoxy) is 1. The number of rotatable bonds is 10. The predicted molar refractivity (Wildman–Crippen MR) is 170 cm³/mol. The monoisotopic (exact) mass is 749 g/mol. The molecule has 0 aliphatic carbocycles. The summed E-state index contributed by atoms with van der Waals surface area (Å²) in [6, 6.07) is 3.60. The normalized spacial score (nSPS) is 18.2. The minimum Gasteiger partial charge on any atom is -0.481 e. The predicted octanol–water partition coefficient (Wildman–Crippen LogP) is 8.60. The van der Waals surface area contributed by atoms with Crippen molar-refractivity contribution in [2.45, 2.75) is 83.5 Å². The summed E-state index contributed by atoms with van der Waals surface area (Å²) in [6.07, 6.45) is -15.3. The Labute approximate surface area is 292 Å². The van der Waals surface area contributed by atoms with Gasteiger partial charge in [-0.2, -0.15) is 39.5 Å². The highest BCUT2D eigenvalue weighted by Crippen LogP contribution is 2.48. The molecule has 3 aromatic rings. The number of aromatic nitrogens is 2. The van der Waals surface area contributed by atoms with Gasteiger partial charge in [0.1, 0.15) is 18.1 Å². The summed E-state index contributed by atoms with van der Waals surface area (Å²) in [6.45, 7) is 5.68. The maximum atomic E-state index is 14.0. The van der Waals surface area contributed by atoms with E-state index in [0.717, 1.165) is 17.0 Å². The molecule has 52 heavy (non-hydrogen) atoms. The SMILES string of the molecule is CCCNc1cnc([C@H]2C[C@@](N)(CC)N(C(=O)OCC(C)(C)C(=O)O)c3ccc(C(F)(F)F)cc32)nc1Cc1cc(C(F)(F)F)cc(C(F)(F)F)c1. The van der Waals surface area contributed by atoms with Gasteiger partial charge >= 0.3 is 30.6 Å². The van der Waals surface area contributed by atoms with Crippen molar-refractivity contribution in [2.75, 3.05) is 23.4 Å². The van der Waals surface area contributed by atoms with Gasteiger partial charge < -0.3 is 20.9 Å². The van der Waals surface area contributed by atoms with E-state index in [2.05, 4.69) is 15.3 Å². The Morgan fingerprint density at radius 3 is 2.08 bits per heavy atom. The van der Waals surface area contributed by atoms with Crippen molar-refractivity contribution in [3.63, 3.8) is 0 Å². The highest BCUT2D eigenvalue weighted by Gasteiger charge is 2.48. The second-order valence-electron chi connectivity index (χ2n) is 13.2. The number of carboxylic acids is 1. The summed E-state index contributed by atoms with van der Waals surface area (Å²) in [4.78, 5) is 34.9. The fraction of sp³-hybridized carbons (Fsp3) is 0.471. The topological polar surface area (TPSA) is 131 Å². The quantitative estimate of drug-likeness (QED) is 0.176. The number of alkyl halides is 9. The van der Waals surface area contributed by atoms with E-state index in [1.165, 1.54) is 20.0 Å². The first kappa shape index (κ1) is 40.2. The minimum atomic E-state index is -5.11. The number of anilines is 2. The first-order valence-corrected chi connectivity index (χ1v) is 16.0. The summed E-state index contributed by atoms with van der Waals surface area (Å²) in [7, 11) is 0. The molecule has 1 aromatic heterocycles. The second kappa shape index (κ2) is 14.4. The van der Waals surface area contributed by atoms with E-state index in [0.29, 0.717) is 31.2 Å². The van der Waals surface area contributed by atoms with Crippen LogP contribution in [0.3, 0.4) is 0 Å². The van der Waals surface area contributed by atoms with E-state index < -0.39 is 82.9 Å². The summed E-state index contributed by atoms with van der Waals surface area (Å²) < 4.78 is 129. The third-order valence-corrected chi connectivity index (χ3v) is 8.69. The number of aliphatic carboxylic acids is 1. The van der Waals surface area contributed by atoms with Crippen molar-refractivity contribution >= 4 is 23.4 Å². The molecular formula is C34H36F9N5O4. The first-order chi connectivity index (χ1) is 23.9. The lowest BCUT2D eigenvalue weighted by atomic mass is 9.80. The molecule has 0 saturated heterocycles. The number of hydrogen-bond acceptors (Lipinski definition) is 7. The summed E-state index contributed by atoms with van der Waals surface area (Å²) >= 11 is 0. The minimum absolute atomic E-state index is 0.00512. The van der Waals surface area contributed by atoms with Crippen molar-refractivity contribution in [3.8, 4) is 0 Å². The van der Waals surface area contributed by atoms with Crippen LogP contribution in [0.4, 0.5) is 55.7 Å². The molecule has 2 atom stereocenters. The molecule has 4 rings (SSSR count). The Balaban J connectivity index is 1.89. The van der Waals surface area contributed by atoms with Gasteiger partial charge in [0.05, 0.1) is 45.4 Å². The molecule has 0 spiro atoms. The number of carbonyl (C=O) groups excluding carboxylic acids is 1. The largest absolute Gasteiger partial charge is 0.481 e. The van der Waals surface area contributed by atoms with Crippen LogP contribution in [-0.4, -0.2) is 46.0 Å². The van der Waals surface area contributed by atoms with Crippen LogP contribution in [0.1, 0.15) is 92.2 Å². The zero-order chi connectivity index (χ0) is 39.0. The van der Waals surface area contributed by atoms with Gasteiger partial charge in [-0.3, -0.25) is 9.69 Å². The maximum Gasteiger partial charge on any atom is 0.416 e. The third-order valence-electron chi connectivity index (χ3n) is 8.69. The van der Waals surface area contributed by atoms with Crippen molar-refractivity contribution in [1.29, 1.82) is 0 Å². The molecule has 1 aliphatic rings. The molecule has 2 heterocycles. The molecule has 1 amide bonds. The number of benzene rings is 2. The van der Waals surface area contributed by atoms with Crippen LogP contribution >= 0.6 is 0 Å². The lowest BCUT2D eigenvalue weighted by Gasteiger charge is -2.47. The molecule has 0 bridgehead atoms. The average Bonchev–Trinajstić information content (AvgIpc) is 3.04. The fourth-order valence-electron chi connectivity index (χ4n) is 5.65. The van der Waals surface area contributed by atoms with Gasteiger partial charge in [0, 0.05) is 18.9 Å². The lowest BCUT2D eigenvalue weighted by molar-refractivity contribution is -0.149. The molecule has 0 fully saturated rings. The zero-order valence-electron chi connectivity index (χ0n) is 28.4. The summed E-state index contributed by atoms with van der Waals surface area (Å²) in [5.74, 6) is -2.62. The van der Waals surface area contributed by atoms with Gasteiger partial charge in [-0.25, -0.2) is 14.8 Å². The van der Waals surface area contributed by atoms with Crippen LogP contribution in [0.2, 0.25) is 0 Å². The molecule has 0 radical (unpaired) electrons. The van der Waals surface area contributed by atoms with E-state index in [9.17, 15) is 54.2 Å². The Morgan fingerprint density at radius 2 is 1.56 bits per heavy atom. The number of hydrogen-bond donors (Lipinski definition) is 3. The average molecular weight is 750 g/mol. The van der Waals surface area contributed by atoms with E-state index in [1.54, 1.807) is 13.8 Å². The summed E-state index contributed by atoms with van der Waals surface area (Å²) in [5, 5.41) is 12.4. The number of fused-ring (bicyclic) bond motifs is 1. The van der Waals surface area contributed by atoms with Gasteiger partial charge in [-0.1, -0.05) is 13.8 Å². The lowest BCUT2D eigenvalue weighted by Crippen LogP contribution is -2.62. The molecule has 2 aromatic carbocycles. The zero-order valence-corrected chi connectivity index (χ0v) is 28.4. The van der Waals surface area contributed by atoms with Crippen molar-refractivity contribution < 1.29 is 58.9 Å². The van der Waals surface area contributed by atoms with E-state index in [4.69, 9.17) is 10.5 Å². The van der Waals surface area contributed by atoms with Crippen molar-refractivity contribution in [3.05, 3.63) is 81.9 Å². The number of halogens is 9. The molecule has 0 unspecified atom stereocenters. The number of carbonyl (C=O) groups is 2. The van der Waals surface area contributed by atoms with Gasteiger partial charge in [0.15, 0.2) is 0 Å². The standard InChI is InChI=1S/C34H36F9N5O4/c1-5-9-45-25-16-46-27(47-24(25)12-18-10-20(33(38,39)40)13-21(11-18)34(41,42)43)23-15-31(44,6-2)48(29(51)52-17-30(3,4)28(49)50)26-8-7-19(14-22(23)26)32(35,36)37/h7-8,10-11,13-14,16,23,45H,5-6,9,12,15,17,44H2,1-4H3,(H,49,50)/t23-,31+/m0/s1. The molecular weight excluding hydrogens is 713 g/mol. The van der Waals surface area contributed by atoms with Crippen LogP contribution in [0.25, 0.3) is 0 Å². The Morgan fingerprint density at radius 1 is 0.962 bits per heavy atom. The van der Waals surface area contributed by atoms with E-state index in [-0.39, 0.29) is 47.4 Å². The number of nitrogens with one attached hydrogen (secondary N) is 1. The van der Waals surface area contributed by atoms with Crippen LogP contribution in [0, 0.1) is 5.41 Å². The highest BCUT2D eigenvalue weighted by molar-refractivity contribution is 5.92. The van der Waals surface area contributed by atoms with Gasteiger partial charge in [-0.15, -0.1) is 0 Å².